The number of rotatable bonds is 4. The monoisotopic (exact) mass is 272 g/mol. The number of ether oxygens (including phenoxy) is 1. The lowest BCUT2D eigenvalue weighted by Gasteiger charge is -2.11. The highest BCUT2D eigenvalue weighted by molar-refractivity contribution is 9.10. The molecule has 3 nitrogen and oxygen atoms in total. The van der Waals surface area contributed by atoms with Crippen LogP contribution in [-0.2, 0) is 9.53 Å². The van der Waals surface area contributed by atoms with Crippen molar-refractivity contribution in [1.82, 2.24) is 0 Å². The Morgan fingerprint density at radius 2 is 2.20 bits per heavy atom. The Morgan fingerprint density at radius 1 is 1.53 bits per heavy atom. The van der Waals surface area contributed by atoms with Gasteiger partial charge in [-0.25, -0.2) is 0 Å². The molecule has 0 aliphatic carbocycles. The van der Waals surface area contributed by atoms with Crippen molar-refractivity contribution in [2.24, 2.45) is 0 Å². The number of carbonyl (C=O) groups excluding carboxylic acids is 1. The number of halogens is 1. The number of esters is 1. The summed E-state index contributed by atoms with van der Waals surface area (Å²) in [5.41, 5.74) is 0.700. The Labute approximate surface area is 97.2 Å². The van der Waals surface area contributed by atoms with E-state index in [4.69, 9.17) is 4.74 Å². The predicted octanol–water partition coefficient (Wildman–Crippen LogP) is 2.44. The molecule has 0 aliphatic heterocycles. The van der Waals surface area contributed by atoms with Gasteiger partial charge in [0.25, 0.3) is 0 Å². The highest BCUT2D eigenvalue weighted by Gasteiger charge is 2.15. The molecule has 0 spiro atoms. The summed E-state index contributed by atoms with van der Waals surface area (Å²) < 4.78 is 5.55. The van der Waals surface area contributed by atoms with Crippen LogP contribution in [0.25, 0.3) is 0 Å². The number of hydrogen-bond donors (Lipinski definition) is 1. The molecule has 0 saturated heterocycles. The first kappa shape index (κ1) is 12.2. The summed E-state index contributed by atoms with van der Waals surface area (Å²) in [6.45, 7) is 2.07. The summed E-state index contributed by atoms with van der Waals surface area (Å²) in [7, 11) is 0. The van der Waals surface area contributed by atoms with Gasteiger partial charge >= 0.3 is 5.97 Å². The SMILES string of the molecule is CCOC(=O)CC(O)c1ccccc1Br. The molecule has 0 amide bonds. The number of aliphatic hydroxyl groups is 1. The van der Waals surface area contributed by atoms with E-state index in [1.807, 2.05) is 18.2 Å². The average molecular weight is 273 g/mol. The molecule has 1 aromatic rings. The zero-order chi connectivity index (χ0) is 11.3. The van der Waals surface area contributed by atoms with Crippen molar-refractivity contribution in [2.75, 3.05) is 6.61 Å². The second-order valence-electron chi connectivity index (χ2n) is 3.05. The molecular formula is C11H13BrO3. The summed E-state index contributed by atoms with van der Waals surface area (Å²) in [4.78, 5) is 11.1. The van der Waals surface area contributed by atoms with Gasteiger partial charge < -0.3 is 9.84 Å². The van der Waals surface area contributed by atoms with Crippen molar-refractivity contribution >= 4 is 21.9 Å². The Kier molecular flexibility index (Phi) is 4.78. The van der Waals surface area contributed by atoms with Crippen LogP contribution in [0.3, 0.4) is 0 Å². The first-order valence-electron chi connectivity index (χ1n) is 4.73. The van der Waals surface area contributed by atoms with Crippen LogP contribution in [0.5, 0.6) is 0 Å². The topological polar surface area (TPSA) is 46.5 Å². The first-order chi connectivity index (χ1) is 7.15. The van der Waals surface area contributed by atoms with Crippen LogP contribution >= 0.6 is 15.9 Å². The number of hydrogen-bond acceptors (Lipinski definition) is 3. The Balaban J connectivity index is 2.65. The van der Waals surface area contributed by atoms with Crippen molar-refractivity contribution in [3.05, 3.63) is 34.3 Å². The van der Waals surface area contributed by atoms with Crippen LogP contribution in [0.15, 0.2) is 28.7 Å². The van der Waals surface area contributed by atoms with Crippen LogP contribution < -0.4 is 0 Å². The van der Waals surface area contributed by atoms with Gasteiger partial charge in [-0.3, -0.25) is 4.79 Å². The molecule has 1 rings (SSSR count). The lowest BCUT2D eigenvalue weighted by Crippen LogP contribution is -2.10. The maximum atomic E-state index is 11.1. The van der Waals surface area contributed by atoms with Gasteiger partial charge in [0.05, 0.1) is 19.1 Å². The van der Waals surface area contributed by atoms with Crippen LogP contribution in [0.2, 0.25) is 0 Å². The predicted molar refractivity (Wildman–Crippen MR) is 60.4 cm³/mol. The van der Waals surface area contributed by atoms with E-state index in [0.717, 1.165) is 4.47 Å². The molecule has 0 saturated carbocycles. The van der Waals surface area contributed by atoms with E-state index in [-0.39, 0.29) is 12.4 Å². The highest BCUT2D eigenvalue weighted by atomic mass is 79.9. The van der Waals surface area contributed by atoms with Crippen molar-refractivity contribution in [1.29, 1.82) is 0 Å². The average Bonchev–Trinajstić information content (AvgIpc) is 2.18. The quantitative estimate of drug-likeness (QED) is 0.857. The molecule has 1 aromatic carbocycles. The number of aliphatic hydroxyl groups excluding tert-OH is 1. The molecule has 0 bridgehead atoms. The minimum Gasteiger partial charge on any atom is -0.466 e. The normalized spacial score (nSPS) is 12.2. The lowest BCUT2D eigenvalue weighted by atomic mass is 10.1. The standard InChI is InChI=1S/C11H13BrO3/c1-2-15-11(14)7-10(13)8-5-3-4-6-9(8)12/h3-6,10,13H,2,7H2,1H3. The van der Waals surface area contributed by atoms with E-state index >= 15 is 0 Å². The minimum atomic E-state index is -0.820. The maximum Gasteiger partial charge on any atom is 0.308 e. The summed E-state index contributed by atoms with van der Waals surface area (Å²) >= 11 is 3.31. The number of carbonyl (C=O) groups is 1. The number of benzene rings is 1. The molecule has 15 heavy (non-hydrogen) atoms. The Hall–Kier alpha value is -0.870. The molecule has 0 radical (unpaired) electrons. The van der Waals surface area contributed by atoms with E-state index in [9.17, 15) is 9.90 Å². The van der Waals surface area contributed by atoms with E-state index < -0.39 is 6.10 Å². The zero-order valence-corrected chi connectivity index (χ0v) is 10.0. The van der Waals surface area contributed by atoms with Crippen molar-refractivity contribution in [3.63, 3.8) is 0 Å². The fourth-order valence-corrected chi connectivity index (χ4v) is 1.78. The van der Waals surface area contributed by atoms with Crippen LogP contribution in [0, 0.1) is 0 Å². The van der Waals surface area contributed by atoms with E-state index in [1.54, 1.807) is 13.0 Å². The van der Waals surface area contributed by atoms with Crippen molar-refractivity contribution in [2.45, 2.75) is 19.4 Å². The molecule has 1 N–H and O–H groups in total. The molecule has 1 unspecified atom stereocenters. The van der Waals surface area contributed by atoms with Gasteiger partial charge in [-0.1, -0.05) is 34.1 Å². The molecule has 0 heterocycles. The van der Waals surface area contributed by atoms with Gasteiger partial charge in [-0.2, -0.15) is 0 Å². The highest BCUT2D eigenvalue weighted by Crippen LogP contribution is 2.25. The van der Waals surface area contributed by atoms with Crippen molar-refractivity contribution in [3.8, 4) is 0 Å². The second kappa shape index (κ2) is 5.88. The maximum absolute atomic E-state index is 11.1. The molecule has 1 atom stereocenters. The molecule has 4 heteroatoms. The minimum absolute atomic E-state index is 0.0174. The van der Waals surface area contributed by atoms with Crippen molar-refractivity contribution < 1.29 is 14.6 Å². The summed E-state index contributed by atoms with van der Waals surface area (Å²) in [6.07, 6.45) is -0.837. The van der Waals surface area contributed by atoms with E-state index in [1.165, 1.54) is 0 Å². The molecule has 82 valence electrons. The Morgan fingerprint density at radius 3 is 2.80 bits per heavy atom. The van der Waals surface area contributed by atoms with Gasteiger partial charge in [0.2, 0.25) is 0 Å². The third kappa shape index (κ3) is 3.64. The van der Waals surface area contributed by atoms with E-state index in [0.29, 0.717) is 12.2 Å². The molecule has 0 fully saturated rings. The first-order valence-corrected chi connectivity index (χ1v) is 5.52. The van der Waals surface area contributed by atoms with Gasteiger partial charge in [-0.05, 0) is 18.6 Å². The summed E-state index contributed by atoms with van der Waals surface area (Å²) in [5.74, 6) is -0.388. The Bertz CT molecular complexity index is 338. The van der Waals surface area contributed by atoms with Crippen LogP contribution in [0.1, 0.15) is 25.0 Å². The van der Waals surface area contributed by atoms with Gasteiger partial charge in [-0.15, -0.1) is 0 Å². The fourth-order valence-electron chi connectivity index (χ4n) is 1.23. The third-order valence-corrected chi connectivity index (χ3v) is 2.65. The van der Waals surface area contributed by atoms with Gasteiger partial charge in [0.15, 0.2) is 0 Å². The smallest absolute Gasteiger partial charge is 0.308 e. The molecule has 0 aliphatic rings. The zero-order valence-electron chi connectivity index (χ0n) is 8.44. The largest absolute Gasteiger partial charge is 0.466 e. The van der Waals surface area contributed by atoms with Crippen LogP contribution in [-0.4, -0.2) is 17.7 Å². The molecule has 0 aromatic heterocycles. The second-order valence-corrected chi connectivity index (χ2v) is 3.90. The molecular weight excluding hydrogens is 260 g/mol. The van der Waals surface area contributed by atoms with E-state index in [2.05, 4.69) is 15.9 Å². The van der Waals surface area contributed by atoms with Gasteiger partial charge in [0, 0.05) is 4.47 Å². The summed E-state index contributed by atoms with van der Waals surface area (Å²) in [6, 6.07) is 7.26. The fraction of sp³-hybridized carbons (Fsp3) is 0.364. The lowest BCUT2D eigenvalue weighted by molar-refractivity contribution is -0.145. The van der Waals surface area contributed by atoms with Crippen LogP contribution in [0.4, 0.5) is 0 Å². The third-order valence-electron chi connectivity index (χ3n) is 1.93. The van der Waals surface area contributed by atoms with Gasteiger partial charge in [0.1, 0.15) is 0 Å². The summed E-state index contributed by atoms with van der Waals surface area (Å²) in [5, 5.41) is 9.77.